The second kappa shape index (κ2) is 5.16. The van der Waals surface area contributed by atoms with E-state index in [1.165, 1.54) is 6.20 Å². The van der Waals surface area contributed by atoms with Crippen molar-refractivity contribution in [3.05, 3.63) is 33.9 Å². The lowest BCUT2D eigenvalue weighted by molar-refractivity contribution is 0.00578. The van der Waals surface area contributed by atoms with Gasteiger partial charge in [-0.3, -0.25) is 0 Å². The monoisotopic (exact) mass is 277 g/mol. The van der Waals surface area contributed by atoms with E-state index >= 15 is 0 Å². The van der Waals surface area contributed by atoms with E-state index in [0.29, 0.717) is 6.54 Å². The molecule has 20 heavy (non-hydrogen) atoms. The van der Waals surface area contributed by atoms with Crippen LogP contribution in [0, 0.1) is 0 Å². The van der Waals surface area contributed by atoms with Gasteiger partial charge in [0, 0.05) is 24.5 Å². The van der Waals surface area contributed by atoms with Crippen molar-refractivity contribution in [2.75, 3.05) is 6.54 Å². The average Bonchev–Trinajstić information content (AvgIpc) is 2.57. The maximum atomic E-state index is 10.9. The highest BCUT2D eigenvalue weighted by Gasteiger charge is 2.52. The average molecular weight is 277 g/mol. The van der Waals surface area contributed by atoms with E-state index in [2.05, 4.69) is 9.97 Å². The standard InChI is InChI=1S/C13H20BN3O3/c1-12(2)13(3,4)20-14(19-12)10(6-15)5-9-7-16-11(18)17-8-9/h5,7-8H,6,15H2,1-4H3,(H,16,17,18). The van der Waals surface area contributed by atoms with Crippen molar-refractivity contribution in [1.82, 2.24) is 9.97 Å². The van der Waals surface area contributed by atoms with Crippen LogP contribution in [0.2, 0.25) is 0 Å². The van der Waals surface area contributed by atoms with Crippen LogP contribution in [0.4, 0.5) is 0 Å². The molecule has 1 aliphatic rings. The molecule has 2 rings (SSSR count). The third-order valence-corrected chi connectivity index (χ3v) is 3.84. The van der Waals surface area contributed by atoms with E-state index in [0.717, 1.165) is 11.0 Å². The van der Waals surface area contributed by atoms with Crippen molar-refractivity contribution in [2.45, 2.75) is 38.9 Å². The number of rotatable bonds is 3. The first-order valence-electron chi connectivity index (χ1n) is 6.56. The van der Waals surface area contributed by atoms with Crippen molar-refractivity contribution in [3.8, 4) is 0 Å². The number of nitrogens with zero attached hydrogens (tertiary/aromatic N) is 1. The summed E-state index contributed by atoms with van der Waals surface area (Å²) >= 11 is 0. The molecule has 1 aromatic heterocycles. The summed E-state index contributed by atoms with van der Waals surface area (Å²) < 4.78 is 11.9. The molecular formula is C13H20BN3O3. The zero-order valence-electron chi connectivity index (χ0n) is 12.3. The minimum atomic E-state index is -0.489. The molecule has 1 aromatic rings. The quantitative estimate of drug-likeness (QED) is 0.795. The summed E-state index contributed by atoms with van der Waals surface area (Å²) in [6.45, 7) is 8.26. The van der Waals surface area contributed by atoms with Gasteiger partial charge in [0.25, 0.3) is 0 Å². The maximum absolute atomic E-state index is 10.9. The van der Waals surface area contributed by atoms with Crippen LogP contribution in [-0.4, -0.2) is 34.8 Å². The first-order valence-corrected chi connectivity index (χ1v) is 6.56. The first kappa shape index (κ1) is 15.0. The molecule has 1 aliphatic heterocycles. The third-order valence-electron chi connectivity index (χ3n) is 3.84. The summed E-state index contributed by atoms with van der Waals surface area (Å²) in [5.41, 5.74) is 6.14. The summed E-state index contributed by atoms with van der Waals surface area (Å²) in [4.78, 5) is 17.1. The van der Waals surface area contributed by atoms with Gasteiger partial charge in [-0.15, -0.1) is 0 Å². The SMILES string of the molecule is CC1(C)OB(C(=Cc2cnc(=O)[nH]c2)CN)OC1(C)C. The zero-order valence-corrected chi connectivity index (χ0v) is 12.3. The second-order valence-corrected chi connectivity index (χ2v) is 5.86. The lowest BCUT2D eigenvalue weighted by Gasteiger charge is -2.32. The summed E-state index contributed by atoms with van der Waals surface area (Å²) in [5.74, 6) is 0. The molecule has 0 amide bonds. The predicted molar refractivity (Wildman–Crippen MR) is 78.0 cm³/mol. The Morgan fingerprint density at radius 2 is 2.00 bits per heavy atom. The van der Waals surface area contributed by atoms with Crippen LogP contribution in [-0.2, 0) is 9.31 Å². The molecule has 1 fully saturated rings. The van der Waals surface area contributed by atoms with Gasteiger partial charge in [-0.25, -0.2) is 9.78 Å². The Morgan fingerprint density at radius 1 is 1.40 bits per heavy atom. The zero-order chi connectivity index (χ0) is 15.0. The van der Waals surface area contributed by atoms with Crippen LogP contribution in [0.1, 0.15) is 33.3 Å². The van der Waals surface area contributed by atoms with Crippen LogP contribution in [0.3, 0.4) is 0 Å². The highest BCUT2D eigenvalue weighted by atomic mass is 16.7. The predicted octanol–water partition coefficient (Wildman–Crippen LogP) is 0.743. The summed E-state index contributed by atoms with van der Waals surface area (Å²) in [6.07, 6.45) is 4.89. The van der Waals surface area contributed by atoms with Crippen molar-refractivity contribution >= 4 is 13.2 Å². The molecule has 108 valence electrons. The number of nitrogens with two attached hydrogens (primary N) is 1. The lowest BCUT2D eigenvalue weighted by atomic mass is 9.77. The molecule has 6 nitrogen and oxygen atoms in total. The molecule has 2 heterocycles. The number of aromatic nitrogens is 2. The van der Waals surface area contributed by atoms with Gasteiger partial charge in [-0.2, -0.15) is 0 Å². The number of hydrogen-bond donors (Lipinski definition) is 2. The molecule has 0 radical (unpaired) electrons. The lowest BCUT2D eigenvalue weighted by Crippen LogP contribution is -2.41. The summed E-state index contributed by atoms with van der Waals surface area (Å²) in [7, 11) is -0.489. The minimum Gasteiger partial charge on any atom is -0.400 e. The highest BCUT2D eigenvalue weighted by molar-refractivity contribution is 6.55. The number of hydrogen-bond acceptors (Lipinski definition) is 5. The fourth-order valence-electron chi connectivity index (χ4n) is 1.86. The van der Waals surface area contributed by atoms with E-state index in [-0.39, 0.29) is 5.69 Å². The fourth-order valence-corrected chi connectivity index (χ4v) is 1.86. The number of aromatic amines is 1. The summed E-state index contributed by atoms with van der Waals surface area (Å²) in [6, 6.07) is 0. The Kier molecular flexibility index (Phi) is 3.86. The largest absolute Gasteiger partial charge is 0.491 e. The van der Waals surface area contributed by atoms with Gasteiger partial charge in [0.15, 0.2) is 0 Å². The molecule has 0 saturated carbocycles. The fraction of sp³-hybridized carbons (Fsp3) is 0.538. The van der Waals surface area contributed by atoms with E-state index in [1.807, 2.05) is 33.8 Å². The van der Waals surface area contributed by atoms with Crippen LogP contribution in [0.5, 0.6) is 0 Å². The van der Waals surface area contributed by atoms with Gasteiger partial charge < -0.3 is 20.0 Å². The Labute approximate surface area is 118 Å². The molecule has 0 aromatic carbocycles. The van der Waals surface area contributed by atoms with Gasteiger partial charge in [-0.05, 0) is 33.2 Å². The highest BCUT2D eigenvalue weighted by Crippen LogP contribution is 2.38. The van der Waals surface area contributed by atoms with Gasteiger partial charge in [-0.1, -0.05) is 6.08 Å². The molecule has 0 atom stereocenters. The summed E-state index contributed by atoms with van der Waals surface area (Å²) in [5, 5.41) is 0. The minimum absolute atomic E-state index is 0.302. The molecule has 3 N–H and O–H groups in total. The normalized spacial score (nSPS) is 21.2. The molecule has 0 aliphatic carbocycles. The van der Waals surface area contributed by atoms with E-state index in [4.69, 9.17) is 15.0 Å². The molecule has 0 bridgehead atoms. The topological polar surface area (TPSA) is 90.2 Å². The van der Waals surface area contributed by atoms with Crippen LogP contribution in [0.15, 0.2) is 22.7 Å². The molecule has 7 heteroatoms. The van der Waals surface area contributed by atoms with Crippen LogP contribution < -0.4 is 11.4 Å². The van der Waals surface area contributed by atoms with Crippen molar-refractivity contribution in [2.24, 2.45) is 5.73 Å². The molecule has 1 saturated heterocycles. The first-order chi connectivity index (χ1) is 9.25. The van der Waals surface area contributed by atoms with Crippen LogP contribution >= 0.6 is 0 Å². The number of H-pyrrole nitrogens is 1. The van der Waals surface area contributed by atoms with Crippen molar-refractivity contribution < 1.29 is 9.31 Å². The van der Waals surface area contributed by atoms with E-state index < -0.39 is 18.3 Å². The molecule has 0 spiro atoms. The Balaban J connectivity index is 2.26. The smallest absolute Gasteiger partial charge is 0.400 e. The maximum Gasteiger partial charge on any atom is 0.491 e. The van der Waals surface area contributed by atoms with Gasteiger partial charge >= 0.3 is 12.8 Å². The third kappa shape index (κ3) is 2.84. The van der Waals surface area contributed by atoms with Crippen molar-refractivity contribution in [3.63, 3.8) is 0 Å². The van der Waals surface area contributed by atoms with Gasteiger partial charge in [0.1, 0.15) is 0 Å². The molecular weight excluding hydrogens is 257 g/mol. The second-order valence-electron chi connectivity index (χ2n) is 5.86. The Morgan fingerprint density at radius 3 is 2.45 bits per heavy atom. The van der Waals surface area contributed by atoms with Crippen LogP contribution in [0.25, 0.3) is 6.08 Å². The van der Waals surface area contributed by atoms with Gasteiger partial charge in [0.05, 0.1) is 11.2 Å². The van der Waals surface area contributed by atoms with Crippen molar-refractivity contribution in [1.29, 1.82) is 0 Å². The Hall–Kier alpha value is -1.44. The van der Waals surface area contributed by atoms with E-state index in [1.54, 1.807) is 6.20 Å². The Bertz CT molecular complexity index is 544. The molecule has 0 unspecified atom stereocenters. The van der Waals surface area contributed by atoms with E-state index in [9.17, 15) is 4.79 Å². The van der Waals surface area contributed by atoms with Gasteiger partial charge in [0.2, 0.25) is 0 Å². The number of nitrogens with one attached hydrogen (secondary N) is 1.